The fourth-order valence-electron chi connectivity index (χ4n) is 3.40. The molecule has 0 aliphatic heterocycles. The van der Waals surface area contributed by atoms with Gasteiger partial charge in [-0.1, -0.05) is 102 Å². The van der Waals surface area contributed by atoms with Crippen molar-refractivity contribution in [1.82, 2.24) is 0 Å². The summed E-state index contributed by atoms with van der Waals surface area (Å²) in [4.78, 5) is 0. The maximum absolute atomic E-state index is 2.24. The first-order chi connectivity index (χ1) is 17.3. The van der Waals surface area contributed by atoms with Gasteiger partial charge in [-0.25, -0.2) is 18.2 Å². The van der Waals surface area contributed by atoms with Crippen LogP contribution in [-0.4, -0.2) is 19.0 Å². The normalized spacial score (nSPS) is 8.69. The minimum atomic E-state index is 0. The molecular weight excluding hydrogens is 659 g/mol. The van der Waals surface area contributed by atoms with Crippen LogP contribution in [0, 0.1) is 76.2 Å². The van der Waals surface area contributed by atoms with Crippen LogP contribution >= 0.6 is 0 Å². The second-order valence-corrected chi connectivity index (χ2v) is 12.3. The number of rotatable bonds is 0. The van der Waals surface area contributed by atoms with E-state index in [0.29, 0.717) is 0 Å². The van der Waals surface area contributed by atoms with E-state index in [4.69, 9.17) is 0 Å². The molecule has 0 nitrogen and oxygen atoms in total. The summed E-state index contributed by atoms with van der Waals surface area (Å²) in [5, 5.41) is 0. The first-order valence-electron chi connectivity index (χ1n) is 13.5. The molecule has 0 spiro atoms. The monoisotopic (exact) mass is 712 g/mol. The van der Waals surface area contributed by atoms with Crippen molar-refractivity contribution in [3.05, 3.63) is 116 Å². The van der Waals surface area contributed by atoms with Crippen LogP contribution in [0.5, 0.6) is 0 Å². The van der Waals surface area contributed by atoms with Gasteiger partial charge in [0.05, 0.1) is 0 Å². The van der Waals surface area contributed by atoms with Crippen molar-refractivity contribution >= 4 is 19.0 Å². The van der Waals surface area contributed by atoms with Gasteiger partial charge >= 0.3 is 52.4 Å². The van der Waals surface area contributed by atoms with Crippen LogP contribution in [0.3, 0.4) is 0 Å². The van der Waals surface area contributed by atoms with Crippen LogP contribution in [0.2, 0.25) is 26.2 Å². The molecule has 0 unspecified atom stereocenters. The van der Waals surface area contributed by atoms with Crippen molar-refractivity contribution in [3.63, 3.8) is 0 Å². The summed E-state index contributed by atoms with van der Waals surface area (Å²) in [6.07, 6.45) is 0. The third-order valence-electron chi connectivity index (χ3n) is 6.68. The second kappa shape index (κ2) is 26.5. The molecule has 0 aliphatic rings. The molecule has 4 heteroatoms. The molecule has 0 fully saturated rings. The van der Waals surface area contributed by atoms with E-state index in [0.717, 1.165) is 19.0 Å². The van der Waals surface area contributed by atoms with Crippen molar-refractivity contribution in [3.8, 4) is 0 Å². The predicted octanol–water partition coefficient (Wildman–Crippen LogP) is 10.0. The maximum atomic E-state index is 2.24. The smallest absolute Gasteiger partial charge is 0.214 e. The van der Waals surface area contributed by atoms with Gasteiger partial charge in [-0.2, -0.15) is 97.6 Å². The fourth-order valence-corrected chi connectivity index (χ4v) is 3.40. The average Bonchev–Trinajstić information content (AvgIpc) is 3.62. The molecule has 0 aromatic heterocycles. The van der Waals surface area contributed by atoms with Crippen molar-refractivity contribution < 1.29 is 52.4 Å². The maximum Gasteiger partial charge on any atom is 2.00 e. The minimum Gasteiger partial charge on any atom is -0.214 e. The third kappa shape index (κ3) is 19.4. The Morgan fingerprint density at radius 2 is 0.872 bits per heavy atom. The van der Waals surface area contributed by atoms with Crippen LogP contribution in [0.25, 0.3) is 0 Å². The SMILES string of the molecule is C[SiH]C.C[SiH]C.Cc1c[c-](C)c(C)c1C.Cc1c[c-](C)c(C)c1C.Cc1cc[c-](C)c1C.[Zr+2].[Zr+2].c1cc[cH-]c1. The Kier molecular flexibility index (Phi) is 31.0. The molecule has 0 aliphatic carbocycles. The van der Waals surface area contributed by atoms with Gasteiger partial charge in [0, 0.05) is 19.0 Å². The fraction of sp³-hybridized carbons (Fsp3) is 0.429. The molecule has 0 bridgehead atoms. The molecule has 0 saturated heterocycles. The van der Waals surface area contributed by atoms with Crippen LogP contribution in [0.15, 0.2) is 54.6 Å². The molecule has 0 atom stereocenters. The summed E-state index contributed by atoms with van der Waals surface area (Å²) in [6.45, 7) is 32.6. The van der Waals surface area contributed by atoms with Gasteiger partial charge in [0.15, 0.2) is 0 Å². The summed E-state index contributed by atoms with van der Waals surface area (Å²) in [6, 6.07) is 18.8. The first-order valence-corrected chi connectivity index (χ1v) is 18.2. The number of hydrogen-bond donors (Lipinski definition) is 0. The van der Waals surface area contributed by atoms with Gasteiger partial charge in [-0.15, -0.1) is 0 Å². The van der Waals surface area contributed by atoms with Crippen molar-refractivity contribution in [2.75, 3.05) is 0 Å². The van der Waals surface area contributed by atoms with E-state index in [9.17, 15) is 0 Å². The Bertz CT molecular complexity index is 943. The van der Waals surface area contributed by atoms with E-state index in [-0.39, 0.29) is 52.4 Å². The Morgan fingerprint density at radius 3 is 0.949 bits per heavy atom. The molecule has 0 N–H and O–H groups in total. The zero-order valence-corrected chi connectivity index (χ0v) is 35.1. The van der Waals surface area contributed by atoms with Gasteiger partial charge in [0.2, 0.25) is 0 Å². The zero-order valence-electron chi connectivity index (χ0n) is 27.9. The molecule has 4 aromatic rings. The van der Waals surface area contributed by atoms with E-state index < -0.39 is 0 Å². The van der Waals surface area contributed by atoms with Crippen LogP contribution in [-0.2, 0) is 52.4 Å². The van der Waals surface area contributed by atoms with Crippen molar-refractivity contribution in [2.45, 2.75) is 102 Å². The van der Waals surface area contributed by atoms with Gasteiger partial charge in [0.1, 0.15) is 0 Å². The molecule has 39 heavy (non-hydrogen) atoms. The Balaban J connectivity index is -0.000000195. The molecular formula is C35H56Si2Zr2. The summed E-state index contributed by atoms with van der Waals surface area (Å²) in [5.41, 5.74) is 15.7. The van der Waals surface area contributed by atoms with Crippen LogP contribution in [0.1, 0.15) is 61.2 Å². The second-order valence-electron chi connectivity index (χ2n) is 9.96. The Labute approximate surface area is 287 Å². The minimum absolute atomic E-state index is 0. The largest absolute Gasteiger partial charge is 2.00 e. The molecule has 0 amide bonds. The summed E-state index contributed by atoms with van der Waals surface area (Å²) < 4.78 is 0. The van der Waals surface area contributed by atoms with E-state index in [1.165, 1.54) is 61.2 Å². The van der Waals surface area contributed by atoms with Gasteiger partial charge in [0.25, 0.3) is 0 Å². The number of hydrogen-bond acceptors (Lipinski definition) is 0. The first kappa shape index (κ1) is 45.6. The molecule has 4 rings (SSSR count). The molecule has 2 radical (unpaired) electrons. The Hall–Kier alpha value is -0.400. The van der Waals surface area contributed by atoms with Gasteiger partial charge < -0.3 is 0 Å². The summed E-state index contributed by atoms with van der Waals surface area (Å²) in [7, 11) is 1.50. The van der Waals surface area contributed by atoms with Gasteiger partial charge in [-0.05, 0) is 0 Å². The van der Waals surface area contributed by atoms with Crippen LogP contribution < -0.4 is 0 Å². The zero-order chi connectivity index (χ0) is 29.1. The summed E-state index contributed by atoms with van der Waals surface area (Å²) >= 11 is 0. The summed E-state index contributed by atoms with van der Waals surface area (Å²) in [5.74, 6) is 0. The molecule has 212 valence electrons. The van der Waals surface area contributed by atoms with Crippen molar-refractivity contribution in [1.29, 1.82) is 0 Å². The topological polar surface area (TPSA) is 0 Å². The third-order valence-corrected chi connectivity index (χ3v) is 6.68. The van der Waals surface area contributed by atoms with Crippen LogP contribution in [0.4, 0.5) is 0 Å². The Morgan fingerprint density at radius 1 is 0.538 bits per heavy atom. The molecule has 0 saturated carbocycles. The van der Waals surface area contributed by atoms with E-state index in [1.807, 2.05) is 30.3 Å². The number of aryl methyl sites for hydroxylation is 6. The standard InChI is InChI=1S/2C9H13.C8H11.C5H5.2C2H7Si.2Zr/c2*1-6-5-7(2)9(4)8(6)3;1-6-4-5-7(2)8(6)3;1-2-4-5-3-1;2*1-3-2;;/h2*5H,1-4H3;4-5H,1-3H3;1-5H;2*3H,1-2H3;;/q4*-1;;;2*+2. The molecule has 4 aromatic carbocycles. The van der Waals surface area contributed by atoms with Crippen molar-refractivity contribution in [2.24, 2.45) is 0 Å². The molecule has 0 heterocycles. The average molecular weight is 715 g/mol. The quantitative estimate of drug-likeness (QED) is 0.126. The predicted molar refractivity (Wildman–Crippen MR) is 178 cm³/mol. The van der Waals surface area contributed by atoms with E-state index >= 15 is 0 Å². The van der Waals surface area contributed by atoms with E-state index in [2.05, 4.69) is 127 Å². The van der Waals surface area contributed by atoms with E-state index in [1.54, 1.807) is 0 Å². The van der Waals surface area contributed by atoms with Gasteiger partial charge in [-0.3, -0.25) is 0 Å².